The number of carbonyl (C=O) groups is 4. The molecule has 3 N–H and O–H groups in total. The molecule has 0 fully saturated rings. The highest BCUT2D eigenvalue weighted by molar-refractivity contribution is 7.47. The Morgan fingerprint density at radius 1 is 0.270 bits per heavy atom. The molecule has 0 spiro atoms. The van der Waals surface area contributed by atoms with Crippen molar-refractivity contribution in [2.75, 3.05) is 39.6 Å². The van der Waals surface area contributed by atoms with Crippen LogP contribution in [-0.4, -0.2) is 96.7 Å². The van der Waals surface area contributed by atoms with E-state index < -0.39 is 97.5 Å². The first-order chi connectivity index (χ1) is 48.5. The van der Waals surface area contributed by atoms with Gasteiger partial charge < -0.3 is 33.8 Å². The number of phosphoric acid groups is 2. The maximum Gasteiger partial charge on any atom is 0.472 e. The number of hydrogen-bond donors (Lipinski definition) is 3. The van der Waals surface area contributed by atoms with E-state index in [-0.39, 0.29) is 25.7 Å². The van der Waals surface area contributed by atoms with Crippen LogP contribution in [0.1, 0.15) is 433 Å². The van der Waals surface area contributed by atoms with Crippen LogP contribution in [0.4, 0.5) is 0 Å². The third-order valence-electron chi connectivity index (χ3n) is 19.0. The molecule has 0 radical (unpaired) electrons. The van der Waals surface area contributed by atoms with Crippen LogP contribution in [0.2, 0.25) is 0 Å². The van der Waals surface area contributed by atoms with Gasteiger partial charge in [-0.15, -0.1) is 0 Å². The summed E-state index contributed by atoms with van der Waals surface area (Å²) < 4.78 is 68.7. The highest BCUT2D eigenvalue weighted by Crippen LogP contribution is 2.45. The molecule has 19 heteroatoms. The Balaban J connectivity index is 5.23. The zero-order valence-corrected chi connectivity index (χ0v) is 67.1. The summed E-state index contributed by atoms with van der Waals surface area (Å²) in [5, 5.41) is 10.6. The maximum atomic E-state index is 13.1. The monoisotopic (exact) mass is 1470 g/mol. The molecule has 0 heterocycles. The molecular weight excluding hydrogens is 1310 g/mol. The molecule has 0 amide bonds. The second-order valence-electron chi connectivity index (χ2n) is 29.6. The molecule has 17 nitrogen and oxygen atoms in total. The second kappa shape index (κ2) is 73.9. The largest absolute Gasteiger partial charge is 0.472 e. The van der Waals surface area contributed by atoms with Crippen molar-refractivity contribution in [3.8, 4) is 0 Å². The number of rotatable bonds is 81. The van der Waals surface area contributed by atoms with E-state index in [0.717, 1.165) is 96.3 Å². The maximum absolute atomic E-state index is 13.1. The Labute approximate surface area is 613 Å². The number of aliphatic hydroxyl groups is 1. The van der Waals surface area contributed by atoms with E-state index in [4.69, 9.17) is 37.0 Å². The molecule has 0 rings (SSSR count). The molecule has 100 heavy (non-hydrogen) atoms. The number of hydrogen-bond acceptors (Lipinski definition) is 15. The summed E-state index contributed by atoms with van der Waals surface area (Å²) in [6.07, 6.45) is 65.3. The van der Waals surface area contributed by atoms with E-state index in [1.54, 1.807) is 0 Å². The minimum Gasteiger partial charge on any atom is -0.462 e. The van der Waals surface area contributed by atoms with E-state index >= 15 is 0 Å². The molecule has 5 atom stereocenters. The molecule has 594 valence electrons. The smallest absolute Gasteiger partial charge is 0.462 e. The molecule has 0 bridgehead atoms. The highest BCUT2D eigenvalue weighted by atomic mass is 31.2. The van der Waals surface area contributed by atoms with Crippen LogP contribution in [0, 0.1) is 5.92 Å². The number of unbranched alkanes of at least 4 members (excludes halogenated alkanes) is 53. The van der Waals surface area contributed by atoms with Crippen LogP contribution in [0.5, 0.6) is 0 Å². The van der Waals surface area contributed by atoms with Gasteiger partial charge in [-0.1, -0.05) is 381 Å². The van der Waals surface area contributed by atoms with Gasteiger partial charge in [-0.3, -0.25) is 37.3 Å². The van der Waals surface area contributed by atoms with Crippen molar-refractivity contribution in [2.24, 2.45) is 5.92 Å². The van der Waals surface area contributed by atoms with Crippen molar-refractivity contribution in [1.82, 2.24) is 0 Å². The third-order valence-corrected chi connectivity index (χ3v) is 20.9. The summed E-state index contributed by atoms with van der Waals surface area (Å²) in [5.74, 6) is -1.40. The number of carbonyl (C=O) groups excluding carboxylic acids is 4. The molecule has 0 aliphatic carbocycles. The van der Waals surface area contributed by atoms with E-state index in [9.17, 15) is 43.2 Å². The number of esters is 4. The van der Waals surface area contributed by atoms with Gasteiger partial charge in [-0.05, 0) is 31.6 Å². The van der Waals surface area contributed by atoms with Gasteiger partial charge >= 0.3 is 39.5 Å². The first kappa shape index (κ1) is 98.1. The summed E-state index contributed by atoms with van der Waals surface area (Å²) in [6, 6.07) is 0. The molecule has 0 aromatic heterocycles. The SMILES string of the molecule is CCCCCCCCCCCCCCCCCCCCCCC(=O)O[C@H](COC(=O)CCCCCCCCCCCCCCCCCC)COP(=O)(O)OC[C@@H](O)COP(=O)(O)OC[C@@H](COC(=O)CCCCCCCCCC(C)C)OC(=O)CCCCCCCCCCCCCCCC. The van der Waals surface area contributed by atoms with Gasteiger partial charge in [-0.25, -0.2) is 9.13 Å². The highest BCUT2D eigenvalue weighted by Gasteiger charge is 2.30. The lowest BCUT2D eigenvalue weighted by molar-refractivity contribution is -0.161. The van der Waals surface area contributed by atoms with E-state index in [1.807, 2.05) is 0 Å². The Hall–Kier alpha value is -1.94. The predicted molar refractivity (Wildman–Crippen MR) is 409 cm³/mol. The lowest BCUT2D eigenvalue weighted by Gasteiger charge is -2.21. The minimum atomic E-state index is -4.96. The van der Waals surface area contributed by atoms with E-state index in [2.05, 4.69) is 34.6 Å². The molecule has 0 aromatic carbocycles. The van der Waals surface area contributed by atoms with Crippen LogP contribution in [0.3, 0.4) is 0 Å². The molecule has 0 aromatic rings. The standard InChI is InChI=1S/C81H158O17P2/c1-6-9-12-15-18-21-24-27-30-32-33-34-35-37-40-43-46-51-57-62-67-80(85)97-76(70-91-78(83)64-59-54-49-44-41-39-36-31-28-25-22-19-16-13-10-7-2)72-95-99(87,88)93-68-75(82)69-94-100(89,90)96-73-77(71-92-79(84)65-60-55-52-47-48-53-58-63-74(4)5)98-81(86)66-61-56-50-45-42-38-29-26-23-20-17-14-11-8-3/h74-77,82H,6-73H2,1-5H3,(H,87,88)(H,89,90)/t75-,76-,77-/m1/s1. The molecule has 0 aliphatic rings. The Morgan fingerprint density at radius 2 is 0.460 bits per heavy atom. The Bertz CT molecular complexity index is 1910. The molecular formula is C81H158O17P2. The number of phosphoric ester groups is 2. The normalized spacial score (nSPS) is 13.8. The molecule has 0 aliphatic heterocycles. The average Bonchev–Trinajstić information content (AvgIpc) is 0.914. The van der Waals surface area contributed by atoms with Crippen molar-refractivity contribution in [2.45, 2.75) is 451 Å². The first-order valence-corrected chi connectivity index (χ1v) is 45.1. The van der Waals surface area contributed by atoms with Crippen molar-refractivity contribution in [3.05, 3.63) is 0 Å². The topological polar surface area (TPSA) is 237 Å². The van der Waals surface area contributed by atoms with Gasteiger partial charge in [0, 0.05) is 25.7 Å². The zero-order valence-electron chi connectivity index (χ0n) is 65.3. The molecule has 0 saturated carbocycles. The lowest BCUT2D eigenvalue weighted by atomic mass is 10.0. The number of ether oxygens (including phenoxy) is 4. The fourth-order valence-corrected chi connectivity index (χ4v) is 14.2. The average molecular weight is 1470 g/mol. The molecule has 2 unspecified atom stereocenters. The quantitative estimate of drug-likeness (QED) is 0.0222. The van der Waals surface area contributed by atoms with Crippen LogP contribution in [0.25, 0.3) is 0 Å². The summed E-state index contributed by atoms with van der Waals surface area (Å²) in [7, 11) is -9.92. The summed E-state index contributed by atoms with van der Waals surface area (Å²) >= 11 is 0. The van der Waals surface area contributed by atoms with E-state index in [1.165, 1.54) is 250 Å². The van der Waals surface area contributed by atoms with Crippen LogP contribution >= 0.6 is 15.6 Å². The van der Waals surface area contributed by atoms with E-state index in [0.29, 0.717) is 31.6 Å². The molecule has 0 saturated heterocycles. The summed E-state index contributed by atoms with van der Waals surface area (Å²) in [5.41, 5.74) is 0. The van der Waals surface area contributed by atoms with Crippen molar-refractivity contribution >= 4 is 39.5 Å². The lowest BCUT2D eigenvalue weighted by Crippen LogP contribution is -2.30. The van der Waals surface area contributed by atoms with Crippen LogP contribution < -0.4 is 0 Å². The third kappa shape index (κ3) is 74.3. The minimum absolute atomic E-state index is 0.108. The van der Waals surface area contributed by atoms with Gasteiger partial charge in [0.2, 0.25) is 0 Å². The van der Waals surface area contributed by atoms with Crippen LogP contribution in [0.15, 0.2) is 0 Å². The van der Waals surface area contributed by atoms with Gasteiger partial charge in [-0.2, -0.15) is 0 Å². The van der Waals surface area contributed by atoms with Gasteiger partial charge in [0.15, 0.2) is 12.2 Å². The zero-order chi connectivity index (χ0) is 73.4. The van der Waals surface area contributed by atoms with Gasteiger partial charge in [0.05, 0.1) is 26.4 Å². The Kier molecular flexibility index (Phi) is 72.5. The van der Waals surface area contributed by atoms with Crippen LogP contribution in [-0.2, 0) is 65.4 Å². The number of aliphatic hydroxyl groups excluding tert-OH is 1. The van der Waals surface area contributed by atoms with Gasteiger partial charge in [0.25, 0.3) is 0 Å². The summed E-state index contributed by atoms with van der Waals surface area (Å²) in [6.45, 7) is 7.28. The van der Waals surface area contributed by atoms with Crippen molar-refractivity contribution < 1.29 is 80.2 Å². The fourth-order valence-electron chi connectivity index (χ4n) is 12.6. The van der Waals surface area contributed by atoms with Gasteiger partial charge in [0.1, 0.15) is 19.3 Å². The first-order valence-electron chi connectivity index (χ1n) is 42.1. The van der Waals surface area contributed by atoms with Crippen molar-refractivity contribution in [3.63, 3.8) is 0 Å². The van der Waals surface area contributed by atoms with Crippen molar-refractivity contribution in [1.29, 1.82) is 0 Å². The summed E-state index contributed by atoms with van der Waals surface area (Å²) in [4.78, 5) is 73.0. The second-order valence-corrected chi connectivity index (χ2v) is 32.5. The fraction of sp³-hybridized carbons (Fsp3) is 0.951. The Morgan fingerprint density at radius 3 is 0.680 bits per heavy atom. The predicted octanol–water partition coefficient (Wildman–Crippen LogP) is 24.4.